The third-order valence-corrected chi connectivity index (χ3v) is 5.42. The summed E-state index contributed by atoms with van der Waals surface area (Å²) >= 11 is 1.75. The Labute approximate surface area is 186 Å². The molecule has 0 spiro atoms. The Morgan fingerprint density at radius 2 is 1.83 bits per heavy atom. The Balaban J connectivity index is 0.000000263. The average molecular weight is 577 g/mol. The van der Waals surface area contributed by atoms with E-state index in [0.717, 1.165) is 16.1 Å². The van der Waals surface area contributed by atoms with Crippen LogP contribution in [0.4, 0.5) is 0 Å². The van der Waals surface area contributed by atoms with Gasteiger partial charge in [-0.1, -0.05) is 42.5 Å². The maximum absolute atomic E-state index is 10.0. The summed E-state index contributed by atoms with van der Waals surface area (Å²) in [6.45, 7) is 2.85. The molecule has 2 aromatic carbocycles. The Bertz CT molecular complexity index is 1230. The van der Waals surface area contributed by atoms with Crippen LogP contribution >= 0.6 is 11.3 Å². The van der Waals surface area contributed by atoms with Crippen molar-refractivity contribution in [2.24, 2.45) is 0 Å². The number of benzene rings is 2. The first-order chi connectivity index (χ1) is 13.5. The van der Waals surface area contributed by atoms with Gasteiger partial charge in [0.15, 0.2) is 5.78 Å². The van der Waals surface area contributed by atoms with Gasteiger partial charge in [0.1, 0.15) is 0 Å². The van der Waals surface area contributed by atoms with Gasteiger partial charge in [-0.05, 0) is 40.6 Å². The van der Waals surface area contributed by atoms with Crippen molar-refractivity contribution < 1.29 is 30.0 Å². The van der Waals surface area contributed by atoms with Crippen molar-refractivity contribution in [1.82, 2.24) is 4.98 Å². The van der Waals surface area contributed by atoms with Gasteiger partial charge in [0.2, 0.25) is 0 Å². The zero-order valence-electron chi connectivity index (χ0n) is 15.9. The largest absolute Gasteiger partial charge is 0.512 e. The van der Waals surface area contributed by atoms with E-state index in [-0.39, 0.29) is 31.6 Å². The average Bonchev–Trinajstić information content (AvgIpc) is 3.26. The van der Waals surface area contributed by atoms with E-state index in [1.165, 1.54) is 46.5 Å². The smallest absolute Gasteiger partial charge is 0.155 e. The number of hydrogen-bond acceptors (Lipinski definition) is 4. The second-order valence-corrected chi connectivity index (χ2v) is 7.67. The number of allylic oxidation sites excluding steroid dienone is 2. The van der Waals surface area contributed by atoms with E-state index in [0.29, 0.717) is 0 Å². The third kappa shape index (κ3) is 4.54. The minimum absolute atomic E-state index is 0. The standard InChI is InChI=1S/C19H10NS.C5H8O2.Ir/c1-2-7-17-13(4-1)11-18(21-17)16-10-14-9-8-12-5-3-6-15(20-16)19(12)14;1-4(6)3-5(2)7;/h1-10H;3,6H,1-2H3;/q-1;;. The summed E-state index contributed by atoms with van der Waals surface area (Å²) in [7, 11) is 0. The fraction of sp³-hybridized carbons (Fsp3) is 0.0833. The van der Waals surface area contributed by atoms with Crippen LogP contribution in [0.15, 0.2) is 60.4 Å². The molecular formula is C24H18IrNO2S-. The predicted octanol–water partition coefficient (Wildman–Crippen LogP) is 6.44. The van der Waals surface area contributed by atoms with E-state index in [9.17, 15) is 4.79 Å². The van der Waals surface area contributed by atoms with E-state index in [1.54, 1.807) is 11.3 Å². The van der Waals surface area contributed by atoms with Gasteiger partial charge < -0.3 is 5.11 Å². The Kier molecular flexibility index (Phi) is 6.43. The summed E-state index contributed by atoms with van der Waals surface area (Å²) in [6, 6.07) is 20.3. The van der Waals surface area contributed by atoms with Crippen LogP contribution in [0.3, 0.4) is 0 Å². The van der Waals surface area contributed by atoms with Crippen molar-refractivity contribution >= 4 is 50.3 Å². The number of carbonyl (C=O) groups excluding carboxylic acids is 1. The molecular weight excluding hydrogens is 559 g/mol. The van der Waals surface area contributed by atoms with Crippen molar-refractivity contribution in [1.29, 1.82) is 0 Å². The molecule has 5 heteroatoms. The van der Waals surface area contributed by atoms with E-state index in [2.05, 4.69) is 66.7 Å². The second kappa shape index (κ2) is 8.83. The van der Waals surface area contributed by atoms with Crippen molar-refractivity contribution in [3.63, 3.8) is 0 Å². The van der Waals surface area contributed by atoms with Crippen LogP contribution in [0.2, 0.25) is 0 Å². The molecule has 1 aliphatic carbocycles. The molecule has 1 radical (unpaired) electrons. The van der Waals surface area contributed by atoms with Crippen LogP contribution in [-0.4, -0.2) is 15.9 Å². The van der Waals surface area contributed by atoms with Gasteiger partial charge in [-0.25, -0.2) is 11.3 Å². The van der Waals surface area contributed by atoms with E-state index >= 15 is 0 Å². The fourth-order valence-electron chi connectivity index (χ4n) is 3.24. The molecule has 5 rings (SSSR count). The van der Waals surface area contributed by atoms with Crippen molar-refractivity contribution in [2.45, 2.75) is 13.8 Å². The molecule has 0 unspecified atom stereocenters. The number of nitrogens with zero attached hydrogens (tertiary/aromatic N) is 1. The van der Waals surface area contributed by atoms with Crippen molar-refractivity contribution in [3.8, 4) is 10.6 Å². The molecule has 0 saturated carbocycles. The molecule has 147 valence electrons. The van der Waals surface area contributed by atoms with Crippen LogP contribution in [-0.2, 0) is 24.9 Å². The van der Waals surface area contributed by atoms with Crippen molar-refractivity contribution in [2.75, 3.05) is 0 Å². The van der Waals surface area contributed by atoms with Crippen LogP contribution in [0, 0.1) is 6.07 Å². The summed E-state index contributed by atoms with van der Waals surface area (Å²) in [4.78, 5) is 16.0. The zero-order valence-corrected chi connectivity index (χ0v) is 19.1. The number of thiophene rings is 1. The van der Waals surface area contributed by atoms with E-state index < -0.39 is 0 Å². The molecule has 0 bridgehead atoms. The summed E-state index contributed by atoms with van der Waals surface area (Å²) < 4.78 is 1.26. The first-order valence-electron chi connectivity index (χ1n) is 8.92. The van der Waals surface area contributed by atoms with Gasteiger partial charge >= 0.3 is 0 Å². The number of ketones is 1. The first kappa shape index (κ1) is 21.1. The summed E-state index contributed by atoms with van der Waals surface area (Å²) in [6.07, 6.45) is 5.51. The molecule has 0 atom stereocenters. The number of carbonyl (C=O) groups is 1. The minimum Gasteiger partial charge on any atom is -0.512 e. The van der Waals surface area contributed by atoms with Crippen LogP contribution in [0.25, 0.3) is 43.7 Å². The molecule has 0 aliphatic heterocycles. The molecule has 0 saturated heterocycles. The summed E-state index contributed by atoms with van der Waals surface area (Å²) in [5.41, 5.74) is 4.61. The van der Waals surface area contributed by atoms with Gasteiger partial charge in [-0.15, -0.1) is 23.6 Å². The topological polar surface area (TPSA) is 50.2 Å². The number of aliphatic hydroxyl groups excluding tert-OH is 1. The number of pyridine rings is 1. The molecule has 0 fully saturated rings. The van der Waals surface area contributed by atoms with Crippen LogP contribution < -0.4 is 0 Å². The zero-order chi connectivity index (χ0) is 19.7. The Hall–Kier alpha value is -2.59. The molecule has 3 nitrogen and oxygen atoms in total. The monoisotopic (exact) mass is 577 g/mol. The Morgan fingerprint density at radius 3 is 2.52 bits per heavy atom. The first-order valence-corrected chi connectivity index (χ1v) is 9.74. The molecule has 2 heterocycles. The van der Waals surface area contributed by atoms with E-state index in [4.69, 9.17) is 10.1 Å². The van der Waals surface area contributed by atoms with Gasteiger partial charge in [0.25, 0.3) is 0 Å². The van der Waals surface area contributed by atoms with Gasteiger partial charge in [-0.3, -0.25) is 9.78 Å². The normalized spacial score (nSPS) is 11.9. The van der Waals surface area contributed by atoms with Crippen molar-refractivity contribution in [3.05, 3.63) is 77.6 Å². The number of hydrogen-bond donors (Lipinski definition) is 1. The number of rotatable bonds is 2. The maximum atomic E-state index is 10.0. The summed E-state index contributed by atoms with van der Waals surface area (Å²) in [5, 5.41) is 10.8. The number of fused-ring (bicyclic) bond motifs is 1. The molecule has 2 aromatic heterocycles. The molecule has 0 amide bonds. The molecule has 29 heavy (non-hydrogen) atoms. The van der Waals surface area contributed by atoms with E-state index in [1.807, 2.05) is 0 Å². The molecule has 4 aromatic rings. The maximum Gasteiger partial charge on any atom is 0.155 e. The molecule has 1 N–H and O–H groups in total. The minimum atomic E-state index is -0.125. The fourth-order valence-corrected chi connectivity index (χ4v) is 4.21. The van der Waals surface area contributed by atoms with Crippen LogP contribution in [0.5, 0.6) is 0 Å². The molecule has 1 aliphatic rings. The van der Waals surface area contributed by atoms with Crippen LogP contribution in [0.1, 0.15) is 25.0 Å². The predicted molar refractivity (Wildman–Crippen MR) is 117 cm³/mol. The van der Waals surface area contributed by atoms with Gasteiger partial charge in [0, 0.05) is 37.3 Å². The van der Waals surface area contributed by atoms with Gasteiger partial charge in [-0.2, -0.15) is 0 Å². The second-order valence-electron chi connectivity index (χ2n) is 6.62. The Morgan fingerprint density at radius 1 is 1.07 bits per heavy atom. The third-order valence-electron chi connectivity index (χ3n) is 4.33. The van der Waals surface area contributed by atoms with Gasteiger partial charge in [0.05, 0.1) is 11.3 Å². The number of aromatic nitrogens is 1. The SMILES string of the molecule is CC(=O)C=C(C)O.[Ir].[c-]1c(-c2cc3c4c(cccc4n2)C=C3)sc2ccccc12. The summed E-state index contributed by atoms with van der Waals surface area (Å²) in [5.74, 6) is -0.0625. The quantitative estimate of drug-likeness (QED) is 0.150. The number of aliphatic hydroxyl groups is 1.